The summed E-state index contributed by atoms with van der Waals surface area (Å²) >= 11 is 1.72. The molecule has 4 nitrogen and oxygen atoms in total. The van der Waals surface area contributed by atoms with Crippen molar-refractivity contribution in [3.63, 3.8) is 0 Å². The number of hydrogen-bond donors (Lipinski definition) is 2. The Hall–Kier alpha value is -1.49. The van der Waals surface area contributed by atoms with Gasteiger partial charge in [-0.1, -0.05) is 12.1 Å². The molecule has 0 unspecified atom stereocenters. The molecule has 0 atom stereocenters. The molecule has 1 aromatic rings. The van der Waals surface area contributed by atoms with Crippen LogP contribution in [0.25, 0.3) is 0 Å². The van der Waals surface area contributed by atoms with Crippen molar-refractivity contribution in [3.05, 3.63) is 35.4 Å². The highest BCUT2D eigenvalue weighted by Gasteiger charge is 2.45. The molecule has 1 saturated carbocycles. The molecule has 2 rings (SSSR count). The molecule has 5 heteroatoms. The smallest absolute Gasteiger partial charge is 0.329 e. The Balaban J connectivity index is 2.05. The van der Waals surface area contributed by atoms with E-state index in [-0.39, 0.29) is 5.91 Å². The molecule has 0 aromatic heterocycles. The topological polar surface area (TPSA) is 66.4 Å². The first-order chi connectivity index (χ1) is 9.07. The number of benzene rings is 1. The Morgan fingerprint density at radius 3 is 2.37 bits per heavy atom. The number of aliphatic carboxylic acids is 1. The number of carboxylic acid groups (broad SMARTS) is 1. The Morgan fingerprint density at radius 1 is 1.32 bits per heavy atom. The van der Waals surface area contributed by atoms with Crippen LogP contribution in [0.2, 0.25) is 0 Å². The van der Waals surface area contributed by atoms with Crippen molar-refractivity contribution >= 4 is 23.6 Å². The van der Waals surface area contributed by atoms with Crippen molar-refractivity contribution in [2.45, 2.75) is 30.6 Å². The molecule has 0 bridgehead atoms. The van der Waals surface area contributed by atoms with Crippen LogP contribution >= 0.6 is 11.8 Å². The lowest BCUT2D eigenvalue weighted by Crippen LogP contribution is -2.59. The second-order valence-corrected chi connectivity index (χ2v) is 5.69. The number of rotatable bonds is 5. The number of amides is 1. The lowest BCUT2D eigenvalue weighted by atomic mass is 9.76. The summed E-state index contributed by atoms with van der Waals surface area (Å²) in [6.07, 6.45) is 3.89. The zero-order valence-corrected chi connectivity index (χ0v) is 11.6. The largest absolute Gasteiger partial charge is 0.480 e. The molecular weight excluding hydrogens is 262 g/mol. The Labute approximate surface area is 116 Å². The van der Waals surface area contributed by atoms with Crippen LogP contribution in [0.5, 0.6) is 0 Å². The van der Waals surface area contributed by atoms with E-state index in [1.54, 1.807) is 23.9 Å². The number of carboxylic acids is 1. The van der Waals surface area contributed by atoms with Gasteiger partial charge >= 0.3 is 5.97 Å². The molecule has 1 amide bonds. The molecule has 1 aromatic carbocycles. The first-order valence-electron chi connectivity index (χ1n) is 6.21. The Morgan fingerprint density at radius 2 is 1.95 bits per heavy atom. The highest BCUT2D eigenvalue weighted by molar-refractivity contribution is 7.97. The van der Waals surface area contributed by atoms with Crippen molar-refractivity contribution < 1.29 is 14.7 Å². The van der Waals surface area contributed by atoms with Crippen molar-refractivity contribution in [2.24, 2.45) is 0 Å². The number of carbonyl (C=O) groups excluding carboxylic acids is 1. The van der Waals surface area contributed by atoms with Gasteiger partial charge < -0.3 is 10.4 Å². The molecule has 0 heterocycles. The van der Waals surface area contributed by atoms with Gasteiger partial charge in [0.15, 0.2) is 0 Å². The molecule has 1 aliphatic carbocycles. The van der Waals surface area contributed by atoms with Crippen molar-refractivity contribution in [3.8, 4) is 0 Å². The second kappa shape index (κ2) is 5.65. The zero-order chi connectivity index (χ0) is 13.9. The van der Waals surface area contributed by atoms with Crippen LogP contribution in [0.4, 0.5) is 0 Å². The minimum Gasteiger partial charge on any atom is -0.480 e. The van der Waals surface area contributed by atoms with Gasteiger partial charge in [-0.05, 0) is 43.2 Å². The number of nitrogens with one attached hydrogen (secondary N) is 1. The minimum absolute atomic E-state index is 0.308. The van der Waals surface area contributed by atoms with Gasteiger partial charge in [0.1, 0.15) is 5.54 Å². The first-order valence-corrected chi connectivity index (χ1v) is 7.60. The predicted molar refractivity (Wildman–Crippen MR) is 75.3 cm³/mol. The van der Waals surface area contributed by atoms with Gasteiger partial charge in [0, 0.05) is 11.3 Å². The van der Waals surface area contributed by atoms with Crippen molar-refractivity contribution in [2.75, 3.05) is 6.26 Å². The summed E-state index contributed by atoms with van der Waals surface area (Å²) in [6.45, 7) is 0. The summed E-state index contributed by atoms with van der Waals surface area (Å²) in [5, 5.41) is 11.8. The average molecular weight is 279 g/mol. The number of carbonyl (C=O) groups is 2. The standard InChI is InChI=1S/C14H17NO3S/c1-19-9-10-3-5-11(6-4-10)12(16)15-14(13(17)18)7-2-8-14/h3-6H,2,7-9H2,1H3,(H,15,16)(H,17,18). The van der Waals surface area contributed by atoms with Crippen LogP contribution < -0.4 is 5.32 Å². The summed E-state index contributed by atoms with van der Waals surface area (Å²) in [7, 11) is 0. The maximum absolute atomic E-state index is 12.0. The van der Waals surface area contributed by atoms with E-state index >= 15 is 0 Å². The van der Waals surface area contributed by atoms with Crippen molar-refractivity contribution in [1.29, 1.82) is 0 Å². The Kier molecular flexibility index (Phi) is 4.14. The summed E-state index contributed by atoms with van der Waals surface area (Å²) < 4.78 is 0. The molecule has 0 aliphatic heterocycles. The maximum atomic E-state index is 12.0. The van der Waals surface area contributed by atoms with Crippen LogP contribution in [0, 0.1) is 0 Å². The molecule has 0 saturated heterocycles. The van der Waals surface area contributed by atoms with Gasteiger partial charge in [-0.25, -0.2) is 4.79 Å². The summed E-state index contributed by atoms with van der Waals surface area (Å²) in [5.41, 5.74) is 0.618. The highest BCUT2D eigenvalue weighted by atomic mass is 32.2. The molecule has 19 heavy (non-hydrogen) atoms. The molecule has 0 radical (unpaired) electrons. The lowest BCUT2D eigenvalue weighted by molar-refractivity contribution is -0.148. The monoisotopic (exact) mass is 279 g/mol. The number of hydrogen-bond acceptors (Lipinski definition) is 3. The van der Waals surface area contributed by atoms with Crippen LogP contribution in [-0.4, -0.2) is 28.8 Å². The molecule has 1 aliphatic rings. The summed E-state index contributed by atoms with van der Waals surface area (Å²) in [4.78, 5) is 23.2. The van der Waals surface area contributed by atoms with E-state index in [4.69, 9.17) is 0 Å². The predicted octanol–water partition coefficient (Wildman–Crippen LogP) is 2.29. The molecular formula is C14H17NO3S. The summed E-state index contributed by atoms with van der Waals surface area (Å²) in [6, 6.07) is 7.30. The third-order valence-electron chi connectivity index (χ3n) is 3.50. The normalized spacial score (nSPS) is 16.5. The molecule has 102 valence electrons. The summed E-state index contributed by atoms with van der Waals surface area (Å²) in [5.74, 6) is -0.343. The van der Waals surface area contributed by atoms with Gasteiger partial charge in [-0.2, -0.15) is 11.8 Å². The van der Waals surface area contributed by atoms with Crippen LogP contribution in [-0.2, 0) is 10.5 Å². The fourth-order valence-corrected chi connectivity index (χ4v) is 2.66. The SMILES string of the molecule is CSCc1ccc(C(=O)NC2(C(=O)O)CCC2)cc1. The maximum Gasteiger partial charge on any atom is 0.329 e. The molecule has 0 spiro atoms. The third-order valence-corrected chi connectivity index (χ3v) is 4.12. The second-order valence-electron chi connectivity index (χ2n) is 4.82. The third kappa shape index (κ3) is 2.92. The van der Waals surface area contributed by atoms with Gasteiger partial charge in [0.2, 0.25) is 0 Å². The zero-order valence-electron chi connectivity index (χ0n) is 10.8. The van der Waals surface area contributed by atoms with Gasteiger partial charge in [-0.15, -0.1) is 0 Å². The van der Waals surface area contributed by atoms with Crippen LogP contribution in [0.1, 0.15) is 35.2 Å². The van der Waals surface area contributed by atoms with Crippen LogP contribution in [0.15, 0.2) is 24.3 Å². The fourth-order valence-electron chi connectivity index (χ4n) is 2.13. The highest BCUT2D eigenvalue weighted by Crippen LogP contribution is 2.32. The van der Waals surface area contributed by atoms with E-state index in [0.717, 1.165) is 17.7 Å². The molecule has 2 N–H and O–H groups in total. The van der Waals surface area contributed by atoms with E-state index in [2.05, 4.69) is 5.32 Å². The van der Waals surface area contributed by atoms with E-state index in [1.807, 2.05) is 18.4 Å². The molecule has 1 fully saturated rings. The minimum atomic E-state index is -1.05. The number of thioether (sulfide) groups is 1. The van der Waals surface area contributed by atoms with Gasteiger partial charge in [-0.3, -0.25) is 4.79 Å². The van der Waals surface area contributed by atoms with Crippen LogP contribution in [0.3, 0.4) is 0 Å². The first kappa shape index (κ1) is 13.9. The Bertz CT molecular complexity index is 480. The van der Waals surface area contributed by atoms with Gasteiger partial charge in [0.25, 0.3) is 5.91 Å². The van der Waals surface area contributed by atoms with Crippen molar-refractivity contribution in [1.82, 2.24) is 5.32 Å². The van der Waals surface area contributed by atoms with E-state index < -0.39 is 11.5 Å². The average Bonchev–Trinajstić information content (AvgIpc) is 2.34. The quantitative estimate of drug-likeness (QED) is 0.868. The lowest BCUT2D eigenvalue weighted by Gasteiger charge is -2.38. The van der Waals surface area contributed by atoms with Gasteiger partial charge in [0.05, 0.1) is 0 Å². The van der Waals surface area contributed by atoms with E-state index in [1.165, 1.54) is 0 Å². The fraction of sp³-hybridized carbons (Fsp3) is 0.429. The van der Waals surface area contributed by atoms with E-state index in [9.17, 15) is 14.7 Å². The van der Waals surface area contributed by atoms with E-state index in [0.29, 0.717) is 18.4 Å².